The molecule has 0 unspecified atom stereocenters. The number of fused-ring (bicyclic) bond motifs is 1. The number of imidazole rings is 1. The Morgan fingerprint density at radius 2 is 1.94 bits per heavy atom. The van der Waals surface area contributed by atoms with Crippen LogP contribution in [0.1, 0.15) is 0 Å². The third-order valence-electron chi connectivity index (χ3n) is 1.54. The van der Waals surface area contributed by atoms with Crippen molar-refractivity contribution in [3.8, 4) is 0 Å². The maximum atomic E-state index is 10.6. The first kappa shape index (κ1) is 12.0. The van der Waals surface area contributed by atoms with Gasteiger partial charge in [-0.15, -0.1) is 0 Å². The van der Waals surface area contributed by atoms with Crippen LogP contribution in [0.5, 0.6) is 0 Å². The molecule has 2 aromatic heterocycles. The van der Waals surface area contributed by atoms with Gasteiger partial charge in [-0.25, -0.2) is 9.78 Å². The molecule has 2 heterocycles. The molecular weight excluding hydrogens is 225 g/mol. The predicted molar refractivity (Wildman–Crippen MR) is 48.9 cm³/mol. The van der Waals surface area contributed by atoms with E-state index < -0.39 is 12.1 Å². The SMILES string of the molecule is O=C(O)C(F)(F)F.c1ccn2ccnc2c1. The van der Waals surface area contributed by atoms with Crippen LogP contribution in [0.25, 0.3) is 5.65 Å². The summed E-state index contributed by atoms with van der Waals surface area (Å²) in [6.45, 7) is 0. The van der Waals surface area contributed by atoms with Gasteiger partial charge in [0.25, 0.3) is 0 Å². The second-order valence-corrected chi connectivity index (χ2v) is 2.70. The topological polar surface area (TPSA) is 54.6 Å². The van der Waals surface area contributed by atoms with Gasteiger partial charge in [0.1, 0.15) is 5.65 Å². The van der Waals surface area contributed by atoms with Gasteiger partial charge < -0.3 is 9.51 Å². The Morgan fingerprint density at radius 1 is 1.31 bits per heavy atom. The summed E-state index contributed by atoms with van der Waals surface area (Å²) >= 11 is 0. The Morgan fingerprint density at radius 3 is 2.44 bits per heavy atom. The summed E-state index contributed by atoms with van der Waals surface area (Å²) in [7, 11) is 0. The lowest BCUT2D eigenvalue weighted by molar-refractivity contribution is -0.192. The molecule has 0 aliphatic carbocycles. The van der Waals surface area contributed by atoms with E-state index in [1.807, 2.05) is 35.0 Å². The molecule has 0 spiro atoms. The maximum absolute atomic E-state index is 10.6. The molecule has 0 radical (unpaired) electrons. The molecule has 0 aromatic carbocycles. The first-order chi connectivity index (χ1) is 7.41. The normalized spacial score (nSPS) is 10.7. The molecule has 0 saturated heterocycles. The van der Waals surface area contributed by atoms with E-state index in [0.717, 1.165) is 5.65 Å². The largest absolute Gasteiger partial charge is 0.490 e. The molecule has 0 bridgehead atoms. The van der Waals surface area contributed by atoms with Crippen molar-refractivity contribution in [3.05, 3.63) is 36.8 Å². The highest BCUT2D eigenvalue weighted by atomic mass is 19.4. The second-order valence-electron chi connectivity index (χ2n) is 2.70. The molecule has 4 nitrogen and oxygen atoms in total. The average Bonchev–Trinajstić information content (AvgIpc) is 2.64. The maximum Gasteiger partial charge on any atom is 0.490 e. The molecule has 0 aliphatic rings. The van der Waals surface area contributed by atoms with Crippen molar-refractivity contribution < 1.29 is 23.1 Å². The van der Waals surface area contributed by atoms with E-state index in [9.17, 15) is 13.2 Å². The lowest BCUT2D eigenvalue weighted by atomic mass is 10.5. The van der Waals surface area contributed by atoms with E-state index in [1.165, 1.54) is 0 Å². The van der Waals surface area contributed by atoms with Crippen molar-refractivity contribution in [3.63, 3.8) is 0 Å². The Labute approximate surface area is 88.0 Å². The number of carbonyl (C=O) groups is 1. The molecule has 86 valence electrons. The van der Waals surface area contributed by atoms with Crippen LogP contribution in [0.3, 0.4) is 0 Å². The zero-order valence-electron chi connectivity index (χ0n) is 7.85. The van der Waals surface area contributed by atoms with Crippen molar-refractivity contribution >= 4 is 11.6 Å². The van der Waals surface area contributed by atoms with Crippen LogP contribution in [0.2, 0.25) is 0 Å². The Hall–Kier alpha value is -2.05. The third kappa shape index (κ3) is 3.26. The third-order valence-corrected chi connectivity index (χ3v) is 1.54. The first-order valence-corrected chi connectivity index (χ1v) is 4.09. The molecule has 16 heavy (non-hydrogen) atoms. The van der Waals surface area contributed by atoms with Crippen LogP contribution in [0, 0.1) is 0 Å². The van der Waals surface area contributed by atoms with Crippen molar-refractivity contribution in [2.75, 3.05) is 0 Å². The van der Waals surface area contributed by atoms with Gasteiger partial charge in [-0.1, -0.05) is 6.07 Å². The smallest absolute Gasteiger partial charge is 0.475 e. The van der Waals surface area contributed by atoms with E-state index in [-0.39, 0.29) is 0 Å². The zero-order chi connectivity index (χ0) is 12.2. The summed E-state index contributed by atoms with van der Waals surface area (Å²) in [5.74, 6) is -2.76. The van der Waals surface area contributed by atoms with E-state index >= 15 is 0 Å². The van der Waals surface area contributed by atoms with Crippen LogP contribution >= 0.6 is 0 Å². The van der Waals surface area contributed by atoms with Gasteiger partial charge >= 0.3 is 12.1 Å². The minimum absolute atomic E-state index is 0.998. The fraction of sp³-hybridized carbons (Fsp3) is 0.111. The summed E-state index contributed by atoms with van der Waals surface area (Å²) in [6, 6.07) is 5.93. The number of alkyl halides is 3. The van der Waals surface area contributed by atoms with E-state index in [1.54, 1.807) is 6.20 Å². The fourth-order valence-electron chi connectivity index (χ4n) is 0.864. The van der Waals surface area contributed by atoms with E-state index in [0.29, 0.717) is 0 Å². The molecule has 7 heteroatoms. The minimum atomic E-state index is -5.08. The van der Waals surface area contributed by atoms with Gasteiger partial charge in [-0.2, -0.15) is 13.2 Å². The summed E-state index contributed by atoms with van der Waals surface area (Å²) in [6.07, 6.45) is 0.604. The van der Waals surface area contributed by atoms with Crippen molar-refractivity contribution in [2.24, 2.45) is 0 Å². The summed E-state index contributed by atoms with van der Waals surface area (Å²) in [5, 5.41) is 7.12. The Bertz CT molecular complexity index is 449. The van der Waals surface area contributed by atoms with E-state index in [2.05, 4.69) is 4.98 Å². The number of hydrogen-bond acceptors (Lipinski definition) is 2. The number of pyridine rings is 1. The Kier molecular flexibility index (Phi) is 3.49. The van der Waals surface area contributed by atoms with Gasteiger partial charge in [0.15, 0.2) is 0 Å². The van der Waals surface area contributed by atoms with Gasteiger partial charge in [0.05, 0.1) is 0 Å². The lowest BCUT2D eigenvalue weighted by Crippen LogP contribution is -2.21. The molecule has 0 fully saturated rings. The molecule has 0 atom stereocenters. The lowest BCUT2D eigenvalue weighted by Gasteiger charge is -1.93. The number of carboxylic acids is 1. The van der Waals surface area contributed by atoms with Crippen LogP contribution in [-0.2, 0) is 4.79 Å². The van der Waals surface area contributed by atoms with Crippen molar-refractivity contribution in [1.29, 1.82) is 0 Å². The predicted octanol–water partition coefficient (Wildman–Crippen LogP) is 1.97. The average molecular weight is 232 g/mol. The standard InChI is InChI=1S/C7H6N2.C2HF3O2/c1-2-5-9-6-4-8-7(9)3-1;3-2(4,5)1(6)7/h1-6H;(H,6,7). The highest BCUT2D eigenvalue weighted by Crippen LogP contribution is 2.13. The Balaban J connectivity index is 0.000000168. The first-order valence-electron chi connectivity index (χ1n) is 4.09. The molecule has 2 rings (SSSR count). The van der Waals surface area contributed by atoms with Crippen LogP contribution in [-0.4, -0.2) is 26.6 Å². The molecule has 0 aliphatic heterocycles. The van der Waals surface area contributed by atoms with Crippen LogP contribution < -0.4 is 0 Å². The number of nitrogens with zero attached hydrogens (tertiary/aromatic N) is 2. The van der Waals surface area contributed by atoms with E-state index in [4.69, 9.17) is 9.90 Å². The monoisotopic (exact) mass is 232 g/mol. The molecule has 1 N–H and O–H groups in total. The molecule has 0 saturated carbocycles. The van der Waals surface area contributed by atoms with Gasteiger partial charge in [-0.3, -0.25) is 0 Å². The van der Waals surface area contributed by atoms with Gasteiger partial charge in [-0.05, 0) is 12.1 Å². The number of rotatable bonds is 0. The fourth-order valence-corrected chi connectivity index (χ4v) is 0.864. The molecular formula is C9H7F3N2O2. The summed E-state index contributed by atoms with van der Waals surface area (Å²) in [5.41, 5.74) is 0.998. The van der Waals surface area contributed by atoms with Gasteiger partial charge in [0, 0.05) is 18.6 Å². The molecule has 0 amide bonds. The number of carboxylic acid groups (broad SMARTS) is 1. The summed E-state index contributed by atoms with van der Waals surface area (Å²) in [4.78, 5) is 13.0. The van der Waals surface area contributed by atoms with Crippen molar-refractivity contribution in [1.82, 2.24) is 9.38 Å². The van der Waals surface area contributed by atoms with Gasteiger partial charge in [0.2, 0.25) is 0 Å². The highest BCUT2D eigenvalue weighted by Gasteiger charge is 2.38. The zero-order valence-corrected chi connectivity index (χ0v) is 7.85. The summed E-state index contributed by atoms with van der Waals surface area (Å²) < 4.78 is 33.7. The highest BCUT2D eigenvalue weighted by molar-refractivity contribution is 5.73. The number of halogens is 3. The molecule has 2 aromatic rings. The van der Waals surface area contributed by atoms with Crippen LogP contribution in [0.4, 0.5) is 13.2 Å². The number of aromatic nitrogens is 2. The number of aliphatic carboxylic acids is 1. The van der Waals surface area contributed by atoms with Crippen LogP contribution in [0.15, 0.2) is 36.8 Å². The van der Waals surface area contributed by atoms with Crippen molar-refractivity contribution in [2.45, 2.75) is 6.18 Å². The number of hydrogen-bond donors (Lipinski definition) is 1. The quantitative estimate of drug-likeness (QED) is 0.755. The minimum Gasteiger partial charge on any atom is -0.475 e. The second kappa shape index (κ2) is 4.65.